The summed E-state index contributed by atoms with van der Waals surface area (Å²) in [7, 11) is -5.12. The lowest BCUT2D eigenvalue weighted by molar-refractivity contribution is 0.332. The van der Waals surface area contributed by atoms with E-state index in [0.717, 1.165) is 5.56 Å². The Morgan fingerprint density at radius 3 is 2.24 bits per heavy atom. The molecule has 0 bridgehead atoms. The lowest BCUT2D eigenvalue weighted by atomic mass is 10.2. The summed E-state index contributed by atoms with van der Waals surface area (Å²) in [5.41, 5.74) is 1.65. The fourth-order valence-electron chi connectivity index (χ4n) is 2.97. The Morgan fingerprint density at radius 1 is 1.00 bits per heavy atom. The first-order chi connectivity index (χ1) is 14.0. The molecule has 152 valence electrons. The van der Waals surface area contributed by atoms with Crippen molar-refractivity contribution in [1.82, 2.24) is 4.72 Å². The minimum Gasteiger partial charge on any atom is -0.324 e. The molecule has 0 radical (unpaired) electrons. The highest BCUT2D eigenvalue weighted by Gasteiger charge is 2.39. The summed E-state index contributed by atoms with van der Waals surface area (Å²) in [5, 5.41) is 0.974. The number of aryl methyl sites for hydroxylation is 1. The van der Waals surface area contributed by atoms with Crippen LogP contribution in [0.4, 0.5) is 0 Å². The monoisotopic (exact) mass is 447 g/mol. The Balaban J connectivity index is 2.09. The molecule has 0 amide bonds. The van der Waals surface area contributed by atoms with Crippen LogP contribution in [-0.2, 0) is 20.1 Å². The molecule has 0 aliphatic carbocycles. The van der Waals surface area contributed by atoms with Crippen molar-refractivity contribution >= 4 is 35.3 Å². The molecule has 1 N–H and O–H groups in total. The molecule has 7 heteroatoms. The third-order valence-corrected chi connectivity index (χ3v) is 8.85. The van der Waals surface area contributed by atoms with Crippen LogP contribution >= 0.6 is 19.0 Å². The number of rotatable bonds is 8. The second kappa shape index (κ2) is 9.84. The molecule has 3 aromatic rings. The van der Waals surface area contributed by atoms with Crippen LogP contribution in [0.2, 0.25) is 5.02 Å². The maximum atomic E-state index is 14.2. The van der Waals surface area contributed by atoms with Crippen LogP contribution in [0.15, 0.2) is 83.8 Å². The van der Waals surface area contributed by atoms with Crippen LogP contribution in [0.3, 0.4) is 0 Å². The van der Waals surface area contributed by atoms with Crippen LogP contribution in [0.5, 0.6) is 0 Å². The normalized spacial score (nSPS) is 15.4. The quantitative estimate of drug-likeness (QED) is 0.457. The lowest BCUT2D eigenvalue weighted by Crippen LogP contribution is -2.28. The third-order valence-electron chi connectivity index (χ3n) is 4.43. The predicted molar refractivity (Wildman–Crippen MR) is 120 cm³/mol. The van der Waals surface area contributed by atoms with Crippen LogP contribution in [0.1, 0.15) is 23.8 Å². The van der Waals surface area contributed by atoms with Crippen LogP contribution in [-0.4, -0.2) is 10.8 Å². The van der Waals surface area contributed by atoms with Crippen molar-refractivity contribution in [1.29, 1.82) is 0 Å². The highest BCUT2D eigenvalue weighted by molar-refractivity contribution is 7.83. The zero-order valence-corrected chi connectivity index (χ0v) is 18.7. The molecule has 0 fully saturated rings. The molecule has 0 aromatic heterocycles. The van der Waals surface area contributed by atoms with Gasteiger partial charge in [-0.2, -0.15) is 0 Å². The van der Waals surface area contributed by atoms with Gasteiger partial charge in [0.05, 0.1) is 11.5 Å². The largest absolute Gasteiger partial charge is 0.324 e. The molecular formula is C22H23ClNO3PS. The highest BCUT2D eigenvalue weighted by atomic mass is 35.5. The van der Waals surface area contributed by atoms with Crippen molar-refractivity contribution in [3.8, 4) is 0 Å². The van der Waals surface area contributed by atoms with Gasteiger partial charge in [0.1, 0.15) is 16.8 Å². The molecule has 0 heterocycles. The molecule has 4 nitrogen and oxygen atoms in total. The van der Waals surface area contributed by atoms with E-state index in [-0.39, 0.29) is 6.61 Å². The summed E-state index contributed by atoms with van der Waals surface area (Å²) in [6, 6.07) is 23.4. The smallest absolute Gasteiger partial charge is 0.253 e. The number of benzene rings is 3. The zero-order chi connectivity index (χ0) is 20.9. The predicted octanol–water partition coefficient (Wildman–Crippen LogP) is 5.60. The summed E-state index contributed by atoms with van der Waals surface area (Å²) in [6.45, 7) is 3.99. The van der Waals surface area contributed by atoms with E-state index in [1.54, 1.807) is 49.4 Å². The van der Waals surface area contributed by atoms with Crippen molar-refractivity contribution in [3.05, 3.63) is 95.0 Å². The van der Waals surface area contributed by atoms with Gasteiger partial charge in [-0.1, -0.05) is 65.7 Å². The summed E-state index contributed by atoms with van der Waals surface area (Å²) in [4.78, 5) is 0.587. The van der Waals surface area contributed by atoms with E-state index >= 15 is 0 Å². The van der Waals surface area contributed by atoms with Gasteiger partial charge in [0.25, 0.3) is 7.37 Å². The van der Waals surface area contributed by atoms with Gasteiger partial charge < -0.3 is 4.52 Å². The van der Waals surface area contributed by atoms with Crippen LogP contribution in [0.25, 0.3) is 0 Å². The second-order valence-electron chi connectivity index (χ2n) is 6.47. The van der Waals surface area contributed by atoms with Gasteiger partial charge in [0.15, 0.2) is 0 Å². The van der Waals surface area contributed by atoms with E-state index in [2.05, 4.69) is 4.72 Å². The Labute approximate surface area is 179 Å². The number of halogens is 1. The summed E-state index contributed by atoms with van der Waals surface area (Å²) >= 11 is 6.45. The van der Waals surface area contributed by atoms with Crippen molar-refractivity contribution in [2.75, 3.05) is 6.61 Å². The minimum atomic E-state index is -3.50. The Morgan fingerprint density at radius 2 is 1.62 bits per heavy atom. The molecule has 29 heavy (non-hydrogen) atoms. The summed E-state index contributed by atoms with van der Waals surface area (Å²) in [6.07, 6.45) is 0. The van der Waals surface area contributed by atoms with E-state index in [0.29, 0.717) is 20.8 Å². The van der Waals surface area contributed by atoms with Gasteiger partial charge >= 0.3 is 0 Å². The van der Waals surface area contributed by atoms with Gasteiger partial charge in [-0.3, -0.25) is 4.57 Å². The first-order valence-corrected chi connectivity index (χ1v) is 12.5. The van der Waals surface area contributed by atoms with Crippen molar-refractivity contribution in [2.24, 2.45) is 0 Å². The fraction of sp³-hybridized carbons (Fsp3) is 0.182. The molecule has 0 saturated heterocycles. The first-order valence-electron chi connectivity index (χ1n) is 9.24. The van der Waals surface area contributed by atoms with Gasteiger partial charge in [-0.25, -0.2) is 8.93 Å². The average molecular weight is 448 g/mol. The van der Waals surface area contributed by atoms with E-state index < -0.39 is 24.1 Å². The van der Waals surface area contributed by atoms with E-state index in [1.165, 1.54) is 0 Å². The maximum absolute atomic E-state index is 14.2. The summed E-state index contributed by atoms with van der Waals surface area (Å²) < 4.78 is 36.2. The van der Waals surface area contributed by atoms with Gasteiger partial charge in [0.2, 0.25) is 0 Å². The molecule has 3 aromatic carbocycles. The Kier molecular flexibility index (Phi) is 7.44. The summed E-state index contributed by atoms with van der Waals surface area (Å²) in [5.74, 6) is -0.874. The van der Waals surface area contributed by atoms with Crippen molar-refractivity contribution in [3.63, 3.8) is 0 Å². The number of nitrogens with one attached hydrogen (secondary N) is 1. The molecule has 3 rings (SSSR count). The minimum absolute atomic E-state index is 0.242. The van der Waals surface area contributed by atoms with Gasteiger partial charge in [-0.05, 0) is 49.7 Å². The van der Waals surface area contributed by atoms with Gasteiger partial charge in [-0.15, -0.1) is 0 Å². The molecule has 2 unspecified atom stereocenters. The molecule has 0 aliphatic rings. The van der Waals surface area contributed by atoms with E-state index in [1.807, 2.05) is 43.3 Å². The Bertz CT molecular complexity index is 1030. The highest BCUT2D eigenvalue weighted by Crippen LogP contribution is 2.58. The molecule has 0 saturated carbocycles. The fourth-order valence-corrected chi connectivity index (χ4v) is 7.14. The topological polar surface area (TPSA) is 55.4 Å². The molecular weight excluding hydrogens is 425 g/mol. The first kappa shape index (κ1) is 21.9. The van der Waals surface area contributed by atoms with Crippen LogP contribution in [0, 0.1) is 6.92 Å². The van der Waals surface area contributed by atoms with E-state index in [4.69, 9.17) is 16.1 Å². The van der Waals surface area contributed by atoms with Crippen molar-refractivity contribution < 1.29 is 13.3 Å². The molecule has 0 spiro atoms. The van der Waals surface area contributed by atoms with Crippen LogP contribution < -0.4 is 10.0 Å². The van der Waals surface area contributed by atoms with Crippen molar-refractivity contribution in [2.45, 2.75) is 24.5 Å². The lowest BCUT2D eigenvalue weighted by Gasteiger charge is -2.29. The number of hydrogen-bond donors (Lipinski definition) is 1. The second-order valence-corrected chi connectivity index (χ2v) is 10.6. The van der Waals surface area contributed by atoms with E-state index in [9.17, 15) is 8.77 Å². The van der Waals surface area contributed by atoms with Gasteiger partial charge in [0, 0.05) is 10.3 Å². The standard InChI is InChI=1S/C22H23ClNO3PS/c1-3-27-28(25,18-9-5-4-6-10-18)22(20-11-7-8-12-21(20)23)24-29(26)19-15-13-17(2)14-16-19/h4-16,22,24H,3H2,1-2H3/t22?,28?,29-/m0/s1. The number of hydrogen-bond acceptors (Lipinski definition) is 3. The molecule has 3 atom stereocenters. The maximum Gasteiger partial charge on any atom is 0.253 e. The zero-order valence-electron chi connectivity index (χ0n) is 16.2. The Hall–Kier alpha value is -1.75. The molecule has 0 aliphatic heterocycles. The SMILES string of the molecule is CCOP(=O)(c1ccccc1)C(N[S@@](=O)c1ccc(C)cc1)c1ccccc1Cl. The average Bonchev–Trinajstić information content (AvgIpc) is 2.74. The third kappa shape index (κ3) is 5.06.